The summed E-state index contributed by atoms with van der Waals surface area (Å²) in [7, 11) is 0. The second kappa shape index (κ2) is 6.87. The van der Waals surface area contributed by atoms with Gasteiger partial charge in [0.15, 0.2) is 5.78 Å². The van der Waals surface area contributed by atoms with Gasteiger partial charge in [0.1, 0.15) is 0 Å². The molecule has 3 aromatic carbocycles. The van der Waals surface area contributed by atoms with Crippen molar-refractivity contribution in [2.24, 2.45) is 5.14 Å². The monoisotopic (exact) mass is 372 g/mol. The van der Waals surface area contributed by atoms with Gasteiger partial charge in [-0.25, -0.2) is 0 Å². The fourth-order valence-electron chi connectivity index (χ4n) is 3.32. The molecule has 132 valence electrons. The molecule has 0 saturated heterocycles. The Morgan fingerprint density at radius 2 is 1.56 bits per heavy atom. The van der Waals surface area contributed by atoms with Crippen molar-refractivity contribution >= 4 is 34.9 Å². The van der Waals surface area contributed by atoms with Gasteiger partial charge in [-0.15, -0.1) is 0 Å². The number of benzene rings is 3. The maximum Gasteiger partial charge on any atom is 0.255 e. The third-order valence-corrected chi connectivity index (χ3v) is 5.20. The van der Waals surface area contributed by atoms with Crippen LogP contribution in [0, 0.1) is 0 Å². The molecule has 1 aliphatic rings. The summed E-state index contributed by atoms with van der Waals surface area (Å²) in [6, 6.07) is 19.7. The van der Waals surface area contributed by atoms with Crippen molar-refractivity contribution in [3.05, 3.63) is 101 Å². The standard InChI is InChI=1S/C22H16N2O2S/c1-13-15-9-5-6-10-16(15)21(25)20-17(11-12-18(27-23)19(13)20)24-22(26)14-7-3-2-4-8-14/h2-12H,1,23H2,(H,24,26). The zero-order valence-corrected chi connectivity index (χ0v) is 15.2. The third kappa shape index (κ3) is 2.87. The van der Waals surface area contributed by atoms with Gasteiger partial charge in [0.25, 0.3) is 5.91 Å². The molecule has 1 amide bonds. The van der Waals surface area contributed by atoms with Crippen molar-refractivity contribution < 1.29 is 9.59 Å². The molecule has 4 nitrogen and oxygen atoms in total. The van der Waals surface area contributed by atoms with E-state index in [1.165, 1.54) is 0 Å². The Labute approximate surface area is 161 Å². The molecular weight excluding hydrogens is 356 g/mol. The van der Waals surface area contributed by atoms with Crippen molar-refractivity contribution in [2.75, 3.05) is 5.32 Å². The Kier molecular flexibility index (Phi) is 4.39. The van der Waals surface area contributed by atoms with Crippen LogP contribution in [0.4, 0.5) is 5.69 Å². The Balaban J connectivity index is 1.85. The minimum absolute atomic E-state index is 0.146. The zero-order chi connectivity index (χ0) is 19.0. The van der Waals surface area contributed by atoms with Crippen LogP contribution in [-0.4, -0.2) is 11.7 Å². The first kappa shape index (κ1) is 17.3. The second-order valence-corrected chi connectivity index (χ2v) is 6.83. The number of nitrogens with one attached hydrogen (secondary N) is 1. The summed E-state index contributed by atoms with van der Waals surface area (Å²) in [5.41, 5.74) is 4.17. The first-order valence-electron chi connectivity index (χ1n) is 8.35. The molecule has 4 rings (SSSR count). The van der Waals surface area contributed by atoms with Crippen molar-refractivity contribution in [3.63, 3.8) is 0 Å². The lowest BCUT2D eigenvalue weighted by Crippen LogP contribution is -2.20. The quantitative estimate of drug-likeness (QED) is 0.519. The molecular formula is C22H16N2O2S. The van der Waals surface area contributed by atoms with Gasteiger partial charge in [-0.1, -0.05) is 49.0 Å². The molecule has 0 spiro atoms. The SMILES string of the molecule is C=C1c2ccccc2C(=O)c2c(NC(=O)c3ccccc3)ccc(SN)c21. The van der Waals surface area contributed by atoms with Gasteiger partial charge in [-0.2, -0.15) is 0 Å². The normalized spacial score (nSPS) is 12.3. The highest BCUT2D eigenvalue weighted by Crippen LogP contribution is 2.42. The highest BCUT2D eigenvalue weighted by Gasteiger charge is 2.30. The molecule has 0 fully saturated rings. The molecule has 0 atom stereocenters. The largest absolute Gasteiger partial charge is 0.321 e. The fraction of sp³-hybridized carbons (Fsp3) is 0. The number of ketones is 1. The number of hydrogen-bond acceptors (Lipinski definition) is 4. The molecule has 0 unspecified atom stereocenters. The average molecular weight is 372 g/mol. The first-order valence-corrected chi connectivity index (χ1v) is 9.23. The van der Waals surface area contributed by atoms with Crippen LogP contribution in [0.25, 0.3) is 5.57 Å². The lowest BCUT2D eigenvalue weighted by molar-refractivity contribution is 0.102. The number of rotatable bonds is 3. The maximum absolute atomic E-state index is 13.2. The summed E-state index contributed by atoms with van der Waals surface area (Å²) in [4.78, 5) is 26.6. The zero-order valence-electron chi connectivity index (χ0n) is 14.4. The van der Waals surface area contributed by atoms with E-state index in [0.717, 1.165) is 28.0 Å². The van der Waals surface area contributed by atoms with Gasteiger partial charge in [0.2, 0.25) is 0 Å². The van der Waals surface area contributed by atoms with Gasteiger partial charge >= 0.3 is 0 Å². The molecule has 3 N–H and O–H groups in total. The summed E-state index contributed by atoms with van der Waals surface area (Å²) in [6.45, 7) is 4.18. The maximum atomic E-state index is 13.2. The molecule has 5 heteroatoms. The van der Waals surface area contributed by atoms with Crippen LogP contribution in [0.2, 0.25) is 0 Å². The van der Waals surface area contributed by atoms with Gasteiger partial charge < -0.3 is 5.32 Å². The molecule has 0 heterocycles. The molecule has 0 aromatic heterocycles. The van der Waals surface area contributed by atoms with E-state index < -0.39 is 0 Å². The van der Waals surface area contributed by atoms with Gasteiger partial charge in [0.05, 0.1) is 11.3 Å². The van der Waals surface area contributed by atoms with Crippen molar-refractivity contribution in [2.45, 2.75) is 4.90 Å². The minimum Gasteiger partial charge on any atom is -0.321 e. The topological polar surface area (TPSA) is 72.2 Å². The molecule has 0 radical (unpaired) electrons. The van der Waals surface area contributed by atoms with Crippen LogP contribution < -0.4 is 10.5 Å². The number of anilines is 1. The van der Waals surface area contributed by atoms with E-state index in [9.17, 15) is 9.59 Å². The number of carbonyl (C=O) groups is 2. The predicted molar refractivity (Wildman–Crippen MR) is 109 cm³/mol. The lowest BCUT2D eigenvalue weighted by atomic mass is 9.81. The Hall–Kier alpha value is -3.15. The Morgan fingerprint density at radius 3 is 2.26 bits per heavy atom. The van der Waals surface area contributed by atoms with E-state index in [1.54, 1.807) is 42.5 Å². The van der Waals surface area contributed by atoms with Crippen LogP contribution in [0.3, 0.4) is 0 Å². The predicted octanol–water partition coefficient (Wildman–Crippen LogP) is 4.51. The Morgan fingerprint density at radius 1 is 0.889 bits per heavy atom. The fourth-order valence-corrected chi connectivity index (χ4v) is 3.81. The Bertz CT molecular complexity index is 1090. The number of amides is 1. The van der Waals surface area contributed by atoms with E-state index in [4.69, 9.17) is 5.14 Å². The van der Waals surface area contributed by atoms with E-state index >= 15 is 0 Å². The molecule has 3 aromatic rings. The van der Waals surface area contributed by atoms with Crippen LogP contribution in [-0.2, 0) is 0 Å². The van der Waals surface area contributed by atoms with E-state index in [1.807, 2.05) is 24.3 Å². The van der Waals surface area contributed by atoms with Gasteiger partial charge in [0, 0.05) is 21.6 Å². The first-order chi connectivity index (χ1) is 13.1. The second-order valence-electron chi connectivity index (χ2n) is 6.15. The summed E-state index contributed by atoms with van der Waals surface area (Å²) >= 11 is 1.06. The lowest BCUT2D eigenvalue weighted by Gasteiger charge is -2.25. The highest BCUT2D eigenvalue weighted by molar-refractivity contribution is 7.97. The van der Waals surface area contributed by atoms with Crippen molar-refractivity contribution in [1.29, 1.82) is 0 Å². The summed E-state index contributed by atoms with van der Waals surface area (Å²) in [6.07, 6.45) is 0. The van der Waals surface area contributed by atoms with E-state index in [-0.39, 0.29) is 11.7 Å². The molecule has 1 aliphatic carbocycles. The summed E-state index contributed by atoms with van der Waals surface area (Å²) in [5, 5.41) is 8.69. The van der Waals surface area contributed by atoms with Crippen LogP contribution >= 0.6 is 11.9 Å². The van der Waals surface area contributed by atoms with Crippen molar-refractivity contribution in [3.8, 4) is 0 Å². The van der Waals surface area contributed by atoms with Crippen LogP contribution in [0.1, 0.15) is 37.4 Å². The number of fused-ring (bicyclic) bond motifs is 2. The van der Waals surface area contributed by atoms with Crippen LogP contribution in [0.5, 0.6) is 0 Å². The number of hydrogen-bond donors (Lipinski definition) is 2. The van der Waals surface area contributed by atoms with Gasteiger partial charge in [-0.3, -0.25) is 14.7 Å². The van der Waals surface area contributed by atoms with Crippen LogP contribution in [0.15, 0.2) is 78.2 Å². The number of nitrogens with two attached hydrogens (primary N) is 1. The third-order valence-electron chi connectivity index (χ3n) is 4.60. The smallest absolute Gasteiger partial charge is 0.255 e. The summed E-state index contributed by atoms with van der Waals surface area (Å²) in [5.74, 6) is -0.421. The summed E-state index contributed by atoms with van der Waals surface area (Å²) < 4.78 is 0. The molecule has 27 heavy (non-hydrogen) atoms. The van der Waals surface area contributed by atoms with E-state index in [0.29, 0.717) is 27.9 Å². The molecule has 0 saturated carbocycles. The molecule has 0 bridgehead atoms. The number of carbonyl (C=O) groups excluding carboxylic acids is 2. The van der Waals surface area contributed by atoms with Crippen molar-refractivity contribution in [1.82, 2.24) is 0 Å². The average Bonchev–Trinajstić information content (AvgIpc) is 2.72. The van der Waals surface area contributed by atoms with Gasteiger partial charge in [-0.05, 0) is 47.3 Å². The highest BCUT2D eigenvalue weighted by atomic mass is 32.2. The van der Waals surface area contributed by atoms with E-state index in [2.05, 4.69) is 11.9 Å². The molecule has 0 aliphatic heterocycles. The minimum atomic E-state index is -0.275.